The number of benzene rings is 2. The van der Waals surface area contributed by atoms with Crippen molar-refractivity contribution in [3.8, 4) is 0 Å². The van der Waals surface area contributed by atoms with Gasteiger partial charge in [-0.05, 0) is 42.0 Å². The maximum absolute atomic E-state index is 13.0. The van der Waals surface area contributed by atoms with Crippen molar-refractivity contribution in [2.75, 3.05) is 31.5 Å². The molecule has 2 aromatic carbocycles. The van der Waals surface area contributed by atoms with Gasteiger partial charge in [-0.1, -0.05) is 12.1 Å². The highest BCUT2D eigenvalue weighted by Gasteiger charge is 2.30. The second-order valence-electron chi connectivity index (χ2n) is 6.79. The molecule has 1 aliphatic rings. The molecule has 0 unspecified atom stereocenters. The summed E-state index contributed by atoms with van der Waals surface area (Å²) >= 11 is 0. The summed E-state index contributed by atoms with van der Waals surface area (Å²) in [7, 11) is -3.68. The molecule has 154 valence electrons. The monoisotopic (exact) mass is 419 g/mol. The molecule has 1 aliphatic heterocycles. The van der Waals surface area contributed by atoms with Crippen LogP contribution < -0.4 is 5.32 Å². The molecule has 0 aliphatic carbocycles. The number of rotatable bonds is 5. The van der Waals surface area contributed by atoms with Gasteiger partial charge in [-0.3, -0.25) is 9.59 Å². The molecule has 7 nitrogen and oxygen atoms in total. The lowest BCUT2D eigenvalue weighted by Crippen LogP contribution is -2.50. The van der Waals surface area contributed by atoms with E-state index >= 15 is 0 Å². The molecule has 0 aromatic heterocycles. The fraction of sp³-hybridized carbons (Fsp3) is 0.300. The Hall–Kier alpha value is -2.78. The lowest BCUT2D eigenvalue weighted by atomic mass is 10.1. The number of nitrogens with zero attached hydrogens (tertiary/aromatic N) is 2. The highest BCUT2D eigenvalue weighted by molar-refractivity contribution is 7.89. The molecule has 3 rings (SSSR count). The van der Waals surface area contributed by atoms with Gasteiger partial charge in [0, 0.05) is 38.8 Å². The first-order valence-electron chi connectivity index (χ1n) is 9.16. The van der Waals surface area contributed by atoms with Crippen LogP contribution in [0.3, 0.4) is 0 Å². The standard InChI is InChI=1S/C20H22FN3O4S/c1-15(25)22-18-6-8-19(9-7-18)29(27,28)24-12-10-23(11-13-24)20(26)14-16-2-4-17(21)5-3-16/h2-9H,10-14H2,1H3,(H,22,25). The van der Waals surface area contributed by atoms with Crippen LogP contribution in [0, 0.1) is 5.82 Å². The fourth-order valence-electron chi connectivity index (χ4n) is 3.13. The molecule has 2 aromatic rings. The van der Waals surface area contributed by atoms with Gasteiger partial charge in [0.2, 0.25) is 21.8 Å². The third-order valence-electron chi connectivity index (χ3n) is 4.67. The van der Waals surface area contributed by atoms with Crippen LogP contribution in [0.5, 0.6) is 0 Å². The summed E-state index contributed by atoms with van der Waals surface area (Å²) in [4.78, 5) is 25.3. The lowest BCUT2D eigenvalue weighted by Gasteiger charge is -2.34. The van der Waals surface area contributed by atoms with Crippen molar-refractivity contribution in [2.24, 2.45) is 0 Å². The predicted molar refractivity (Wildman–Crippen MR) is 106 cm³/mol. The van der Waals surface area contributed by atoms with E-state index in [0.717, 1.165) is 0 Å². The van der Waals surface area contributed by atoms with Crippen LogP contribution in [-0.4, -0.2) is 55.6 Å². The maximum atomic E-state index is 13.0. The van der Waals surface area contributed by atoms with E-state index in [-0.39, 0.29) is 42.0 Å². The van der Waals surface area contributed by atoms with Crippen molar-refractivity contribution < 1.29 is 22.4 Å². The molecule has 0 atom stereocenters. The van der Waals surface area contributed by atoms with Gasteiger partial charge in [-0.2, -0.15) is 4.31 Å². The molecule has 0 spiro atoms. The Morgan fingerprint density at radius 3 is 2.10 bits per heavy atom. The summed E-state index contributed by atoms with van der Waals surface area (Å²) in [6.07, 6.45) is 0.150. The van der Waals surface area contributed by atoms with Crippen molar-refractivity contribution in [1.82, 2.24) is 9.21 Å². The zero-order valence-electron chi connectivity index (χ0n) is 16.0. The SMILES string of the molecule is CC(=O)Nc1ccc(S(=O)(=O)N2CCN(C(=O)Cc3ccc(F)cc3)CC2)cc1. The van der Waals surface area contributed by atoms with Gasteiger partial charge in [-0.15, -0.1) is 0 Å². The van der Waals surface area contributed by atoms with Gasteiger partial charge in [0.1, 0.15) is 5.82 Å². The van der Waals surface area contributed by atoms with Crippen molar-refractivity contribution in [3.05, 3.63) is 59.9 Å². The molecule has 0 saturated carbocycles. The molecule has 9 heteroatoms. The van der Waals surface area contributed by atoms with E-state index in [1.165, 1.54) is 47.6 Å². The first-order chi connectivity index (χ1) is 13.8. The van der Waals surface area contributed by atoms with Crippen molar-refractivity contribution in [1.29, 1.82) is 0 Å². The third kappa shape index (κ3) is 5.18. The summed E-state index contributed by atoms with van der Waals surface area (Å²) in [5.74, 6) is -0.708. The molecule has 2 amide bonds. The summed E-state index contributed by atoms with van der Waals surface area (Å²) < 4.78 is 40.0. The Morgan fingerprint density at radius 1 is 0.966 bits per heavy atom. The van der Waals surface area contributed by atoms with Gasteiger partial charge < -0.3 is 10.2 Å². The van der Waals surface area contributed by atoms with E-state index in [1.807, 2.05) is 0 Å². The Balaban J connectivity index is 1.59. The minimum absolute atomic E-state index is 0.117. The molecule has 29 heavy (non-hydrogen) atoms. The predicted octanol–water partition coefficient (Wildman–Crippen LogP) is 1.86. The van der Waals surface area contributed by atoms with Crippen LogP contribution in [0.1, 0.15) is 12.5 Å². The number of carbonyl (C=O) groups is 2. The van der Waals surface area contributed by atoms with Gasteiger partial charge in [0.05, 0.1) is 11.3 Å². The second kappa shape index (κ2) is 8.71. The molecule has 0 radical (unpaired) electrons. The number of piperazine rings is 1. The van der Waals surface area contributed by atoms with Crippen LogP contribution in [0.15, 0.2) is 53.4 Å². The lowest BCUT2D eigenvalue weighted by molar-refractivity contribution is -0.131. The normalized spacial score (nSPS) is 15.2. The second-order valence-corrected chi connectivity index (χ2v) is 8.73. The van der Waals surface area contributed by atoms with E-state index in [9.17, 15) is 22.4 Å². The van der Waals surface area contributed by atoms with Gasteiger partial charge in [0.15, 0.2) is 0 Å². The zero-order valence-corrected chi connectivity index (χ0v) is 16.8. The number of nitrogens with one attached hydrogen (secondary N) is 1. The molecule has 1 N–H and O–H groups in total. The summed E-state index contributed by atoms with van der Waals surface area (Å²) in [6.45, 7) is 2.36. The molecule has 1 saturated heterocycles. The van der Waals surface area contributed by atoms with Crippen LogP contribution >= 0.6 is 0 Å². The average Bonchev–Trinajstić information content (AvgIpc) is 2.70. The van der Waals surface area contributed by atoms with Crippen molar-refractivity contribution in [2.45, 2.75) is 18.2 Å². The minimum Gasteiger partial charge on any atom is -0.340 e. The summed E-state index contributed by atoms with van der Waals surface area (Å²) in [5.41, 5.74) is 1.23. The maximum Gasteiger partial charge on any atom is 0.243 e. The molecule has 0 bridgehead atoms. The number of sulfonamides is 1. The van der Waals surface area contributed by atoms with E-state index in [0.29, 0.717) is 24.3 Å². The van der Waals surface area contributed by atoms with Crippen LogP contribution in [-0.2, 0) is 26.0 Å². The van der Waals surface area contributed by atoms with Crippen molar-refractivity contribution >= 4 is 27.5 Å². The number of amides is 2. The first-order valence-corrected chi connectivity index (χ1v) is 10.6. The van der Waals surface area contributed by atoms with Crippen LogP contribution in [0.4, 0.5) is 10.1 Å². The van der Waals surface area contributed by atoms with Gasteiger partial charge in [0.25, 0.3) is 0 Å². The van der Waals surface area contributed by atoms with Gasteiger partial charge >= 0.3 is 0 Å². The number of hydrogen-bond acceptors (Lipinski definition) is 4. The average molecular weight is 419 g/mol. The number of halogens is 1. The fourth-order valence-corrected chi connectivity index (χ4v) is 4.55. The topological polar surface area (TPSA) is 86.8 Å². The Labute approximate surface area is 169 Å². The highest BCUT2D eigenvalue weighted by atomic mass is 32.2. The minimum atomic E-state index is -3.68. The highest BCUT2D eigenvalue weighted by Crippen LogP contribution is 2.20. The Kier molecular flexibility index (Phi) is 6.29. The van der Waals surface area contributed by atoms with E-state index in [1.54, 1.807) is 17.0 Å². The number of anilines is 1. The molecular formula is C20H22FN3O4S. The first kappa shape index (κ1) is 20.9. The van der Waals surface area contributed by atoms with Crippen LogP contribution in [0.2, 0.25) is 0 Å². The van der Waals surface area contributed by atoms with Crippen LogP contribution in [0.25, 0.3) is 0 Å². The van der Waals surface area contributed by atoms with E-state index in [2.05, 4.69) is 5.32 Å². The largest absolute Gasteiger partial charge is 0.340 e. The Morgan fingerprint density at radius 2 is 1.55 bits per heavy atom. The number of carbonyl (C=O) groups excluding carboxylic acids is 2. The number of hydrogen-bond donors (Lipinski definition) is 1. The molecule has 1 fully saturated rings. The van der Waals surface area contributed by atoms with E-state index < -0.39 is 10.0 Å². The van der Waals surface area contributed by atoms with Crippen molar-refractivity contribution in [3.63, 3.8) is 0 Å². The summed E-state index contributed by atoms with van der Waals surface area (Å²) in [5, 5.41) is 2.59. The quantitative estimate of drug-likeness (QED) is 0.802. The molecular weight excluding hydrogens is 397 g/mol. The zero-order chi connectivity index (χ0) is 21.0. The van der Waals surface area contributed by atoms with Gasteiger partial charge in [-0.25, -0.2) is 12.8 Å². The van der Waals surface area contributed by atoms with E-state index in [4.69, 9.17) is 0 Å². The smallest absolute Gasteiger partial charge is 0.243 e. The molecule has 1 heterocycles. The Bertz CT molecular complexity index is 983. The third-order valence-corrected chi connectivity index (χ3v) is 6.59. The summed E-state index contributed by atoms with van der Waals surface area (Å²) in [6, 6.07) is 11.7.